The van der Waals surface area contributed by atoms with Crippen LogP contribution in [0.25, 0.3) is 11.2 Å². The lowest BCUT2D eigenvalue weighted by atomic mass is 10.4. The first-order valence-electron chi connectivity index (χ1n) is 4.95. The van der Waals surface area contributed by atoms with E-state index in [1.807, 2.05) is 0 Å². The molecule has 0 amide bonds. The molecule has 0 spiro atoms. The molecule has 0 aliphatic carbocycles. The van der Waals surface area contributed by atoms with Crippen molar-refractivity contribution in [3.63, 3.8) is 0 Å². The average Bonchev–Trinajstić information content (AvgIpc) is 2.75. The quantitative estimate of drug-likeness (QED) is 0.832. The van der Waals surface area contributed by atoms with Crippen molar-refractivity contribution >= 4 is 28.6 Å². The monoisotopic (exact) mass is 261 g/mol. The summed E-state index contributed by atoms with van der Waals surface area (Å²) in [4.78, 5) is 16.1. The summed E-state index contributed by atoms with van der Waals surface area (Å²) in [6.07, 6.45) is 0.293. The van der Waals surface area contributed by atoms with E-state index in [-0.39, 0.29) is 12.4 Å². The van der Waals surface area contributed by atoms with Gasteiger partial charge < -0.3 is 9.88 Å². The van der Waals surface area contributed by atoms with E-state index < -0.39 is 13.0 Å². The Hall–Kier alpha value is -1.50. The number of fused-ring (bicyclic) bond motifs is 1. The van der Waals surface area contributed by atoms with Crippen LogP contribution in [0.2, 0.25) is 0 Å². The van der Waals surface area contributed by atoms with Crippen molar-refractivity contribution in [3.05, 3.63) is 12.7 Å². The second-order valence-corrected chi connectivity index (χ2v) is 3.70. The highest BCUT2D eigenvalue weighted by Crippen LogP contribution is 2.20. The first kappa shape index (κ1) is 12.0. The molecule has 0 aromatic carbocycles. The molecule has 0 aliphatic rings. The Bertz CT molecular complexity index is 489. The number of aromatic amines is 1. The SMILES string of the molecule is FC(F)CN(CCCl)c1ncnc2nc[nH]c12. The van der Waals surface area contributed by atoms with Gasteiger partial charge >= 0.3 is 0 Å². The van der Waals surface area contributed by atoms with E-state index in [9.17, 15) is 8.78 Å². The van der Waals surface area contributed by atoms with Crippen LogP contribution < -0.4 is 4.90 Å². The van der Waals surface area contributed by atoms with Crippen molar-refractivity contribution < 1.29 is 8.78 Å². The van der Waals surface area contributed by atoms with Gasteiger partial charge in [-0.25, -0.2) is 23.7 Å². The van der Waals surface area contributed by atoms with Gasteiger partial charge in [0.2, 0.25) is 0 Å². The third-order valence-electron chi connectivity index (χ3n) is 2.22. The number of anilines is 1. The van der Waals surface area contributed by atoms with E-state index in [1.54, 1.807) is 0 Å². The second kappa shape index (κ2) is 5.22. The van der Waals surface area contributed by atoms with Crippen LogP contribution in [0.5, 0.6) is 0 Å². The van der Waals surface area contributed by atoms with Gasteiger partial charge in [-0.3, -0.25) is 0 Å². The lowest BCUT2D eigenvalue weighted by Gasteiger charge is -2.22. The zero-order chi connectivity index (χ0) is 12.3. The van der Waals surface area contributed by atoms with E-state index in [4.69, 9.17) is 11.6 Å². The van der Waals surface area contributed by atoms with Crippen LogP contribution in [0.3, 0.4) is 0 Å². The molecule has 0 aliphatic heterocycles. The molecule has 0 bridgehead atoms. The first-order valence-corrected chi connectivity index (χ1v) is 5.49. The summed E-state index contributed by atoms with van der Waals surface area (Å²) in [6.45, 7) is -0.130. The van der Waals surface area contributed by atoms with Gasteiger partial charge in [-0.05, 0) is 0 Å². The van der Waals surface area contributed by atoms with Crippen molar-refractivity contribution in [1.29, 1.82) is 0 Å². The molecule has 2 rings (SSSR count). The summed E-state index contributed by atoms with van der Waals surface area (Å²) < 4.78 is 24.9. The van der Waals surface area contributed by atoms with E-state index in [2.05, 4.69) is 19.9 Å². The molecule has 5 nitrogen and oxygen atoms in total. The normalized spacial score (nSPS) is 11.3. The van der Waals surface area contributed by atoms with Gasteiger partial charge in [-0.2, -0.15) is 0 Å². The number of H-pyrrole nitrogens is 1. The Morgan fingerprint density at radius 2 is 2.18 bits per heavy atom. The van der Waals surface area contributed by atoms with Crippen LogP contribution in [0, 0.1) is 0 Å². The van der Waals surface area contributed by atoms with Crippen LogP contribution in [0.1, 0.15) is 0 Å². The standard InChI is InChI=1S/C9H10ClF2N5/c10-1-2-17(3-6(11)12)9-7-8(14-4-13-7)15-5-16-9/h4-6H,1-3H2,(H,13,14,15,16). The molecular formula is C9H10ClF2N5. The number of rotatable bonds is 5. The van der Waals surface area contributed by atoms with Gasteiger partial charge in [0.05, 0.1) is 12.9 Å². The molecule has 17 heavy (non-hydrogen) atoms. The molecule has 2 aromatic heterocycles. The van der Waals surface area contributed by atoms with Crippen molar-refractivity contribution in [2.75, 3.05) is 23.9 Å². The van der Waals surface area contributed by atoms with Crippen molar-refractivity contribution in [2.45, 2.75) is 6.43 Å². The van der Waals surface area contributed by atoms with E-state index >= 15 is 0 Å². The smallest absolute Gasteiger partial charge is 0.255 e. The Labute approximate surface area is 101 Å². The maximum Gasteiger partial charge on any atom is 0.255 e. The van der Waals surface area contributed by atoms with Gasteiger partial charge in [0.1, 0.15) is 11.8 Å². The number of hydrogen-bond donors (Lipinski definition) is 1. The molecule has 0 atom stereocenters. The van der Waals surface area contributed by atoms with Crippen LogP contribution >= 0.6 is 11.6 Å². The fraction of sp³-hybridized carbons (Fsp3) is 0.444. The third kappa shape index (κ3) is 2.60. The molecule has 92 valence electrons. The largest absolute Gasteiger partial charge is 0.348 e. The van der Waals surface area contributed by atoms with Gasteiger partial charge in [0.25, 0.3) is 6.43 Å². The topological polar surface area (TPSA) is 57.7 Å². The maximum absolute atomic E-state index is 12.5. The van der Waals surface area contributed by atoms with E-state index in [0.717, 1.165) is 0 Å². The minimum absolute atomic E-state index is 0.242. The molecule has 2 heterocycles. The molecular weight excluding hydrogens is 252 g/mol. The third-order valence-corrected chi connectivity index (χ3v) is 2.38. The molecule has 8 heteroatoms. The Morgan fingerprint density at radius 3 is 2.88 bits per heavy atom. The zero-order valence-electron chi connectivity index (χ0n) is 8.78. The lowest BCUT2D eigenvalue weighted by molar-refractivity contribution is 0.155. The van der Waals surface area contributed by atoms with Gasteiger partial charge in [-0.1, -0.05) is 0 Å². The van der Waals surface area contributed by atoms with Crippen molar-refractivity contribution in [2.24, 2.45) is 0 Å². The molecule has 0 radical (unpaired) electrons. The molecule has 0 saturated carbocycles. The Kier molecular flexibility index (Phi) is 3.68. The number of alkyl halides is 3. The second-order valence-electron chi connectivity index (χ2n) is 3.32. The molecule has 2 aromatic rings. The highest BCUT2D eigenvalue weighted by molar-refractivity contribution is 6.18. The number of imidazole rings is 1. The highest BCUT2D eigenvalue weighted by atomic mass is 35.5. The van der Waals surface area contributed by atoms with Crippen molar-refractivity contribution in [1.82, 2.24) is 19.9 Å². The number of nitrogens with zero attached hydrogens (tertiary/aromatic N) is 4. The van der Waals surface area contributed by atoms with Crippen LogP contribution in [-0.2, 0) is 0 Å². The molecule has 0 unspecified atom stereocenters. The van der Waals surface area contributed by atoms with Gasteiger partial charge in [0, 0.05) is 12.4 Å². The Balaban J connectivity index is 2.36. The molecule has 0 saturated heterocycles. The molecule has 1 N–H and O–H groups in total. The van der Waals surface area contributed by atoms with Crippen LogP contribution in [0.4, 0.5) is 14.6 Å². The summed E-state index contributed by atoms with van der Waals surface area (Å²) >= 11 is 5.60. The Morgan fingerprint density at radius 1 is 1.35 bits per heavy atom. The van der Waals surface area contributed by atoms with Crippen molar-refractivity contribution in [3.8, 4) is 0 Å². The van der Waals surface area contributed by atoms with Gasteiger partial charge in [0.15, 0.2) is 11.5 Å². The molecule has 0 fully saturated rings. The average molecular weight is 262 g/mol. The summed E-state index contributed by atoms with van der Waals surface area (Å²) in [6, 6.07) is 0. The fourth-order valence-corrected chi connectivity index (χ4v) is 1.75. The number of nitrogens with one attached hydrogen (secondary N) is 1. The predicted molar refractivity (Wildman–Crippen MR) is 60.6 cm³/mol. The minimum Gasteiger partial charge on any atom is -0.348 e. The van der Waals surface area contributed by atoms with Gasteiger partial charge in [-0.15, -0.1) is 11.6 Å². The summed E-state index contributed by atoms with van der Waals surface area (Å²) in [7, 11) is 0. The van der Waals surface area contributed by atoms with Crippen LogP contribution in [0.15, 0.2) is 12.7 Å². The maximum atomic E-state index is 12.5. The highest BCUT2D eigenvalue weighted by Gasteiger charge is 2.17. The zero-order valence-corrected chi connectivity index (χ0v) is 9.53. The van der Waals surface area contributed by atoms with Crippen LogP contribution in [-0.4, -0.2) is 45.3 Å². The first-order chi connectivity index (χ1) is 8.22. The lowest BCUT2D eigenvalue weighted by Crippen LogP contribution is -2.31. The predicted octanol–water partition coefficient (Wildman–Crippen LogP) is 1.66. The van der Waals surface area contributed by atoms with E-state index in [1.165, 1.54) is 17.6 Å². The minimum atomic E-state index is -2.45. The summed E-state index contributed by atoms with van der Waals surface area (Å²) in [5.74, 6) is 0.639. The fourth-order valence-electron chi connectivity index (χ4n) is 1.54. The van der Waals surface area contributed by atoms with E-state index in [0.29, 0.717) is 17.0 Å². The number of halogens is 3. The summed E-state index contributed by atoms with van der Waals surface area (Å²) in [5.41, 5.74) is 0.988. The number of aromatic nitrogens is 4. The summed E-state index contributed by atoms with van der Waals surface area (Å²) in [5, 5.41) is 0. The number of hydrogen-bond acceptors (Lipinski definition) is 4.